The van der Waals surface area contributed by atoms with Gasteiger partial charge in [-0.2, -0.15) is 0 Å². The molecule has 0 saturated heterocycles. The molecule has 7 heteroatoms. The van der Waals surface area contributed by atoms with Crippen LogP contribution in [0.25, 0.3) is 0 Å². The summed E-state index contributed by atoms with van der Waals surface area (Å²) in [6.45, 7) is 7.45. The molecular formula is C20H30N4O2S. The van der Waals surface area contributed by atoms with Gasteiger partial charge in [0.05, 0.1) is 18.8 Å². The van der Waals surface area contributed by atoms with Crippen molar-refractivity contribution in [2.75, 3.05) is 27.7 Å². The third-order valence-corrected chi connectivity index (χ3v) is 5.17. The van der Waals surface area contributed by atoms with Gasteiger partial charge < -0.3 is 19.7 Å². The minimum absolute atomic E-state index is 0.0189. The first-order valence-electron chi connectivity index (χ1n) is 9.05. The monoisotopic (exact) mass is 390 g/mol. The molecule has 0 amide bonds. The molecule has 0 fully saturated rings. The van der Waals surface area contributed by atoms with Crippen LogP contribution in [0.15, 0.2) is 34.6 Å². The quantitative estimate of drug-likeness (QED) is 0.551. The molecule has 2 unspecified atom stereocenters. The normalized spacial score (nSPS) is 13.9. The zero-order valence-electron chi connectivity index (χ0n) is 17.0. The number of benzene rings is 1. The molecule has 1 aromatic heterocycles. The largest absolute Gasteiger partial charge is 0.489 e. The molecule has 6 nitrogen and oxygen atoms in total. The van der Waals surface area contributed by atoms with Gasteiger partial charge in [-0.1, -0.05) is 12.1 Å². The Labute approximate surface area is 166 Å². The number of nitrogens with zero attached hydrogens (tertiary/aromatic N) is 3. The molecule has 0 spiro atoms. The van der Waals surface area contributed by atoms with E-state index in [1.807, 2.05) is 39.1 Å². The first-order valence-corrected chi connectivity index (χ1v) is 9.93. The van der Waals surface area contributed by atoms with Crippen molar-refractivity contribution < 1.29 is 9.47 Å². The lowest BCUT2D eigenvalue weighted by Gasteiger charge is -2.23. The second-order valence-electron chi connectivity index (χ2n) is 6.58. The fraction of sp³-hybridized carbons (Fsp3) is 0.500. The van der Waals surface area contributed by atoms with Gasteiger partial charge in [0, 0.05) is 26.6 Å². The first kappa shape index (κ1) is 21.2. The fourth-order valence-electron chi connectivity index (χ4n) is 2.58. The van der Waals surface area contributed by atoms with E-state index in [-0.39, 0.29) is 12.2 Å². The van der Waals surface area contributed by atoms with E-state index >= 15 is 0 Å². The second kappa shape index (κ2) is 10.3. The van der Waals surface area contributed by atoms with Crippen LogP contribution in [-0.4, -0.2) is 49.7 Å². The molecule has 1 N–H and O–H groups in total. The summed E-state index contributed by atoms with van der Waals surface area (Å²) in [5.41, 5.74) is 2.20. The van der Waals surface area contributed by atoms with Crippen LogP contribution in [-0.2, 0) is 11.3 Å². The Kier molecular flexibility index (Phi) is 8.06. The average Bonchev–Trinajstić information content (AvgIpc) is 3.10. The molecule has 2 aromatic rings. The summed E-state index contributed by atoms with van der Waals surface area (Å²) in [7, 11) is 5.48. The van der Waals surface area contributed by atoms with E-state index in [0.717, 1.165) is 22.4 Å². The fourth-order valence-corrected chi connectivity index (χ4v) is 3.42. The highest BCUT2D eigenvalue weighted by Crippen LogP contribution is 2.21. The van der Waals surface area contributed by atoms with Crippen molar-refractivity contribution in [3.63, 3.8) is 0 Å². The maximum absolute atomic E-state index is 5.97. The van der Waals surface area contributed by atoms with E-state index in [1.54, 1.807) is 25.5 Å². The van der Waals surface area contributed by atoms with Crippen molar-refractivity contribution >= 4 is 17.3 Å². The first-order chi connectivity index (χ1) is 12.9. The third kappa shape index (κ3) is 6.52. The van der Waals surface area contributed by atoms with Gasteiger partial charge in [-0.15, -0.1) is 11.3 Å². The lowest BCUT2D eigenvalue weighted by Crippen LogP contribution is -2.42. The Morgan fingerprint density at radius 3 is 2.81 bits per heavy atom. The molecule has 0 radical (unpaired) electrons. The number of ether oxygens (including phenoxy) is 2. The minimum atomic E-state index is 0.0189. The van der Waals surface area contributed by atoms with Crippen LogP contribution in [0, 0.1) is 6.92 Å². The molecule has 0 aliphatic carbocycles. The van der Waals surface area contributed by atoms with Gasteiger partial charge in [-0.3, -0.25) is 4.99 Å². The molecule has 0 bridgehead atoms. The number of hydrogen-bond acceptors (Lipinski definition) is 5. The Hall–Kier alpha value is -2.12. The van der Waals surface area contributed by atoms with E-state index in [0.29, 0.717) is 13.1 Å². The number of nitrogens with one attached hydrogen (secondary N) is 1. The van der Waals surface area contributed by atoms with Crippen LogP contribution in [0.2, 0.25) is 0 Å². The number of hydrogen-bond donors (Lipinski definition) is 1. The van der Waals surface area contributed by atoms with Crippen LogP contribution in [0.1, 0.15) is 36.2 Å². The number of aliphatic imine (C=N–C) groups is 1. The highest BCUT2D eigenvalue weighted by molar-refractivity contribution is 7.09. The molecule has 0 aliphatic rings. The summed E-state index contributed by atoms with van der Waals surface area (Å²) < 4.78 is 11.3. The van der Waals surface area contributed by atoms with Crippen molar-refractivity contribution in [3.05, 3.63) is 45.9 Å². The SMILES string of the molecule is CN=C(NCC(C)Oc1cccc(C)c1)N(C)Cc1csc(C(C)OC)n1. The van der Waals surface area contributed by atoms with Gasteiger partial charge in [0.2, 0.25) is 0 Å². The van der Waals surface area contributed by atoms with E-state index in [2.05, 4.69) is 38.6 Å². The predicted molar refractivity (Wildman–Crippen MR) is 112 cm³/mol. The number of aryl methyl sites for hydroxylation is 1. The van der Waals surface area contributed by atoms with Crippen molar-refractivity contribution in [1.29, 1.82) is 0 Å². The van der Waals surface area contributed by atoms with Gasteiger partial charge in [0.25, 0.3) is 0 Å². The van der Waals surface area contributed by atoms with Crippen LogP contribution < -0.4 is 10.1 Å². The van der Waals surface area contributed by atoms with Gasteiger partial charge in [-0.05, 0) is 38.5 Å². The Morgan fingerprint density at radius 2 is 2.15 bits per heavy atom. The zero-order chi connectivity index (χ0) is 19.8. The summed E-state index contributed by atoms with van der Waals surface area (Å²) in [5, 5.41) is 6.42. The minimum Gasteiger partial charge on any atom is -0.489 e. The summed E-state index contributed by atoms with van der Waals surface area (Å²) in [6, 6.07) is 8.08. The Balaban J connectivity index is 1.85. The lowest BCUT2D eigenvalue weighted by atomic mass is 10.2. The van der Waals surface area contributed by atoms with E-state index in [9.17, 15) is 0 Å². The van der Waals surface area contributed by atoms with Crippen LogP contribution in [0.5, 0.6) is 5.75 Å². The molecule has 2 atom stereocenters. The Bertz CT molecular complexity index is 747. The average molecular weight is 391 g/mol. The highest BCUT2D eigenvalue weighted by Gasteiger charge is 2.13. The van der Waals surface area contributed by atoms with E-state index < -0.39 is 0 Å². The Morgan fingerprint density at radius 1 is 1.37 bits per heavy atom. The lowest BCUT2D eigenvalue weighted by molar-refractivity contribution is 0.119. The summed E-state index contributed by atoms with van der Waals surface area (Å²) in [6.07, 6.45) is 0.0384. The smallest absolute Gasteiger partial charge is 0.193 e. The number of aromatic nitrogens is 1. The number of rotatable bonds is 8. The second-order valence-corrected chi connectivity index (χ2v) is 7.47. The third-order valence-electron chi connectivity index (χ3n) is 4.12. The van der Waals surface area contributed by atoms with E-state index in [4.69, 9.17) is 9.47 Å². The maximum Gasteiger partial charge on any atom is 0.193 e. The number of guanidine groups is 1. The topological polar surface area (TPSA) is 59.0 Å². The van der Waals surface area contributed by atoms with Gasteiger partial charge in [0.15, 0.2) is 5.96 Å². The number of thiazole rings is 1. The summed E-state index contributed by atoms with van der Waals surface area (Å²) in [4.78, 5) is 11.1. The van der Waals surface area contributed by atoms with Gasteiger partial charge in [0.1, 0.15) is 23.0 Å². The molecule has 2 rings (SSSR count). The molecule has 0 saturated carbocycles. The molecular weight excluding hydrogens is 360 g/mol. The highest BCUT2D eigenvalue weighted by atomic mass is 32.1. The molecule has 27 heavy (non-hydrogen) atoms. The van der Waals surface area contributed by atoms with Crippen molar-refractivity contribution in [2.45, 2.75) is 39.5 Å². The van der Waals surface area contributed by atoms with Crippen LogP contribution in [0.4, 0.5) is 0 Å². The standard InChI is InChI=1S/C20H30N4O2S/c1-14-8-7-9-18(10-14)26-15(2)11-22-20(21-4)24(5)12-17-13-27-19(23-17)16(3)25-6/h7-10,13,15-16H,11-12H2,1-6H3,(H,21,22). The van der Waals surface area contributed by atoms with Crippen molar-refractivity contribution in [1.82, 2.24) is 15.2 Å². The molecule has 1 heterocycles. The maximum atomic E-state index is 5.97. The summed E-state index contributed by atoms with van der Waals surface area (Å²) >= 11 is 1.62. The number of methoxy groups -OCH3 is 1. The van der Waals surface area contributed by atoms with Crippen molar-refractivity contribution in [2.24, 2.45) is 4.99 Å². The molecule has 1 aromatic carbocycles. The predicted octanol–water partition coefficient (Wildman–Crippen LogP) is 3.63. The summed E-state index contributed by atoms with van der Waals surface area (Å²) in [5.74, 6) is 1.69. The van der Waals surface area contributed by atoms with Crippen molar-refractivity contribution in [3.8, 4) is 5.75 Å². The molecule has 148 valence electrons. The molecule has 0 aliphatic heterocycles. The van der Waals surface area contributed by atoms with Crippen LogP contribution >= 0.6 is 11.3 Å². The van der Waals surface area contributed by atoms with Crippen LogP contribution in [0.3, 0.4) is 0 Å². The van der Waals surface area contributed by atoms with Gasteiger partial charge in [-0.25, -0.2) is 4.98 Å². The van der Waals surface area contributed by atoms with E-state index in [1.165, 1.54) is 5.56 Å². The zero-order valence-corrected chi connectivity index (χ0v) is 17.8. The van der Waals surface area contributed by atoms with Gasteiger partial charge >= 0.3 is 0 Å².